The van der Waals surface area contributed by atoms with Crippen LogP contribution >= 0.6 is 0 Å². The van der Waals surface area contributed by atoms with Crippen LogP contribution in [-0.4, -0.2) is 22.0 Å². The summed E-state index contributed by atoms with van der Waals surface area (Å²) in [5.41, 5.74) is 2.09. The fraction of sp³-hybridized carbons (Fsp3) is 0.368. The van der Waals surface area contributed by atoms with Crippen LogP contribution in [-0.2, 0) is 17.8 Å². The van der Waals surface area contributed by atoms with Gasteiger partial charge in [0.1, 0.15) is 5.82 Å². The van der Waals surface area contributed by atoms with Crippen molar-refractivity contribution in [1.82, 2.24) is 14.9 Å². The Bertz CT molecular complexity index is 722. The van der Waals surface area contributed by atoms with E-state index in [1.807, 2.05) is 25.1 Å². The predicted octanol–water partition coefficient (Wildman–Crippen LogP) is 3.07. The lowest BCUT2D eigenvalue weighted by atomic mass is 10.2. The third-order valence-corrected chi connectivity index (χ3v) is 3.68. The van der Waals surface area contributed by atoms with E-state index in [9.17, 15) is 4.79 Å². The van der Waals surface area contributed by atoms with Crippen molar-refractivity contribution in [2.75, 3.05) is 6.54 Å². The summed E-state index contributed by atoms with van der Waals surface area (Å²) in [5, 5.41) is 2.86. The minimum Gasteiger partial charge on any atom is -0.353 e. The monoisotopic (exact) mass is 309 g/mol. The third-order valence-electron chi connectivity index (χ3n) is 3.68. The molecule has 2 aromatic rings. The SMILES string of the molecule is C#CCn1c(CCCCCNC(=O)/C=C/C)nc2ccccc21. The van der Waals surface area contributed by atoms with Crippen LogP contribution < -0.4 is 5.32 Å². The first-order valence-electron chi connectivity index (χ1n) is 8.04. The molecule has 0 bridgehead atoms. The number of amides is 1. The molecule has 4 heteroatoms. The van der Waals surface area contributed by atoms with Gasteiger partial charge in [-0.25, -0.2) is 4.98 Å². The Balaban J connectivity index is 1.84. The number of nitrogens with zero attached hydrogens (tertiary/aromatic N) is 2. The Morgan fingerprint density at radius 2 is 2.17 bits per heavy atom. The number of rotatable bonds is 8. The van der Waals surface area contributed by atoms with Crippen LogP contribution in [0.2, 0.25) is 0 Å². The number of terminal acetylenes is 1. The minimum atomic E-state index is -0.0247. The average Bonchev–Trinajstić information content (AvgIpc) is 2.89. The number of imidazole rings is 1. The molecule has 0 aliphatic heterocycles. The quantitative estimate of drug-likeness (QED) is 0.463. The molecule has 1 heterocycles. The number of hydrogen-bond acceptors (Lipinski definition) is 2. The van der Waals surface area contributed by atoms with Crippen LogP contribution in [0.25, 0.3) is 11.0 Å². The number of nitrogens with one attached hydrogen (secondary N) is 1. The van der Waals surface area contributed by atoms with Gasteiger partial charge in [0, 0.05) is 13.0 Å². The normalized spacial score (nSPS) is 11.0. The molecule has 0 radical (unpaired) electrons. The number of unbranched alkanes of at least 4 members (excludes halogenated alkanes) is 2. The van der Waals surface area contributed by atoms with Gasteiger partial charge in [-0.15, -0.1) is 6.42 Å². The lowest BCUT2D eigenvalue weighted by Gasteiger charge is -2.06. The summed E-state index contributed by atoms with van der Waals surface area (Å²) in [6.45, 7) is 3.10. The van der Waals surface area contributed by atoms with Gasteiger partial charge in [-0.3, -0.25) is 4.79 Å². The highest BCUT2D eigenvalue weighted by molar-refractivity contribution is 5.87. The molecule has 0 unspecified atom stereocenters. The van der Waals surface area contributed by atoms with Gasteiger partial charge in [-0.1, -0.05) is 30.6 Å². The van der Waals surface area contributed by atoms with Crippen molar-refractivity contribution in [3.63, 3.8) is 0 Å². The van der Waals surface area contributed by atoms with Crippen LogP contribution in [0.4, 0.5) is 0 Å². The van der Waals surface area contributed by atoms with Crippen molar-refractivity contribution in [2.45, 2.75) is 39.2 Å². The van der Waals surface area contributed by atoms with Gasteiger partial charge in [0.05, 0.1) is 17.6 Å². The number of para-hydroxylation sites is 2. The Morgan fingerprint density at radius 1 is 1.35 bits per heavy atom. The molecule has 0 atom stereocenters. The lowest BCUT2D eigenvalue weighted by molar-refractivity contribution is -0.116. The van der Waals surface area contributed by atoms with Crippen molar-refractivity contribution in [2.24, 2.45) is 0 Å². The molecule has 1 aromatic carbocycles. The van der Waals surface area contributed by atoms with Gasteiger partial charge in [0.25, 0.3) is 0 Å². The Hall–Kier alpha value is -2.54. The van der Waals surface area contributed by atoms with Crippen molar-refractivity contribution in [3.8, 4) is 12.3 Å². The first kappa shape index (κ1) is 16.8. The molecular formula is C19H23N3O. The zero-order valence-corrected chi connectivity index (χ0v) is 13.6. The van der Waals surface area contributed by atoms with E-state index in [4.69, 9.17) is 11.4 Å². The van der Waals surface area contributed by atoms with Gasteiger partial charge < -0.3 is 9.88 Å². The minimum absolute atomic E-state index is 0.0247. The van der Waals surface area contributed by atoms with Crippen LogP contribution in [0.15, 0.2) is 36.4 Å². The molecule has 2 rings (SSSR count). The molecule has 0 fully saturated rings. The number of aryl methyl sites for hydroxylation is 1. The predicted molar refractivity (Wildman–Crippen MR) is 93.9 cm³/mol. The van der Waals surface area contributed by atoms with Gasteiger partial charge in [-0.2, -0.15) is 0 Å². The number of hydrogen-bond donors (Lipinski definition) is 1. The van der Waals surface area contributed by atoms with E-state index >= 15 is 0 Å². The summed E-state index contributed by atoms with van der Waals surface area (Å²) in [5.74, 6) is 3.73. The van der Waals surface area contributed by atoms with E-state index in [1.54, 1.807) is 12.2 Å². The Labute approximate surface area is 137 Å². The van der Waals surface area contributed by atoms with Crippen molar-refractivity contribution in [3.05, 3.63) is 42.2 Å². The summed E-state index contributed by atoms with van der Waals surface area (Å²) in [7, 11) is 0. The molecule has 0 spiro atoms. The van der Waals surface area contributed by atoms with Crippen LogP contribution in [0.5, 0.6) is 0 Å². The van der Waals surface area contributed by atoms with Gasteiger partial charge in [-0.05, 0) is 38.0 Å². The molecular weight excluding hydrogens is 286 g/mol. The number of carbonyl (C=O) groups is 1. The molecule has 0 saturated carbocycles. The molecule has 1 aromatic heterocycles. The topological polar surface area (TPSA) is 46.9 Å². The number of benzene rings is 1. The standard InChI is InChI=1S/C19H23N3O/c1-3-10-19(23)20-14-9-5-6-13-18-21-16-11-7-8-12-17(16)22(18)15-4-2/h2-3,7-8,10-12H,5-6,9,13-15H2,1H3,(H,20,23)/b10-3+. The second-order valence-electron chi connectivity index (χ2n) is 5.41. The zero-order valence-electron chi connectivity index (χ0n) is 13.6. The molecule has 0 aliphatic rings. The Kier molecular flexibility index (Phi) is 6.43. The summed E-state index contributed by atoms with van der Waals surface area (Å²) in [6.07, 6.45) is 12.7. The molecule has 4 nitrogen and oxygen atoms in total. The molecule has 1 amide bonds. The average molecular weight is 309 g/mol. The highest BCUT2D eigenvalue weighted by atomic mass is 16.1. The highest BCUT2D eigenvalue weighted by Gasteiger charge is 2.08. The molecule has 0 saturated heterocycles. The van der Waals surface area contributed by atoms with Crippen molar-refractivity contribution < 1.29 is 4.79 Å². The van der Waals surface area contributed by atoms with Gasteiger partial charge in [0.2, 0.25) is 5.91 Å². The number of aromatic nitrogens is 2. The van der Waals surface area contributed by atoms with E-state index in [0.717, 1.165) is 42.5 Å². The summed E-state index contributed by atoms with van der Waals surface area (Å²) < 4.78 is 2.11. The van der Waals surface area contributed by atoms with Gasteiger partial charge >= 0.3 is 0 Å². The van der Waals surface area contributed by atoms with Gasteiger partial charge in [0.15, 0.2) is 0 Å². The highest BCUT2D eigenvalue weighted by Crippen LogP contribution is 2.17. The smallest absolute Gasteiger partial charge is 0.243 e. The van der Waals surface area contributed by atoms with E-state index in [1.165, 1.54) is 0 Å². The summed E-state index contributed by atoms with van der Waals surface area (Å²) in [6, 6.07) is 8.07. The van der Waals surface area contributed by atoms with Crippen LogP contribution in [0, 0.1) is 12.3 Å². The van der Waals surface area contributed by atoms with Crippen LogP contribution in [0.1, 0.15) is 32.0 Å². The van der Waals surface area contributed by atoms with E-state index in [0.29, 0.717) is 13.1 Å². The lowest BCUT2D eigenvalue weighted by Crippen LogP contribution is -2.21. The first-order valence-corrected chi connectivity index (χ1v) is 8.04. The largest absolute Gasteiger partial charge is 0.353 e. The maximum atomic E-state index is 11.3. The number of carbonyl (C=O) groups excluding carboxylic acids is 1. The molecule has 23 heavy (non-hydrogen) atoms. The molecule has 0 aliphatic carbocycles. The molecule has 1 N–H and O–H groups in total. The zero-order chi connectivity index (χ0) is 16.5. The first-order chi connectivity index (χ1) is 11.3. The second-order valence-corrected chi connectivity index (χ2v) is 5.41. The number of fused-ring (bicyclic) bond motifs is 1. The van der Waals surface area contributed by atoms with E-state index in [2.05, 4.69) is 21.9 Å². The summed E-state index contributed by atoms with van der Waals surface area (Å²) in [4.78, 5) is 16.0. The Morgan fingerprint density at radius 3 is 2.96 bits per heavy atom. The van der Waals surface area contributed by atoms with E-state index < -0.39 is 0 Å². The van der Waals surface area contributed by atoms with Crippen molar-refractivity contribution >= 4 is 16.9 Å². The molecule has 120 valence electrons. The van der Waals surface area contributed by atoms with Crippen molar-refractivity contribution in [1.29, 1.82) is 0 Å². The maximum Gasteiger partial charge on any atom is 0.243 e. The summed E-state index contributed by atoms with van der Waals surface area (Å²) >= 11 is 0. The number of allylic oxidation sites excluding steroid dienone is 1. The fourth-order valence-electron chi connectivity index (χ4n) is 2.59. The van der Waals surface area contributed by atoms with E-state index in [-0.39, 0.29) is 5.91 Å². The second kappa shape index (κ2) is 8.79. The maximum absolute atomic E-state index is 11.3. The third kappa shape index (κ3) is 4.72. The van der Waals surface area contributed by atoms with Crippen LogP contribution in [0.3, 0.4) is 0 Å². The fourth-order valence-corrected chi connectivity index (χ4v) is 2.59.